The molecule has 1 fully saturated rings. The zero-order chi connectivity index (χ0) is 19.6. The minimum Gasteiger partial charge on any atom is -0.426 e. The van der Waals surface area contributed by atoms with E-state index in [1.54, 1.807) is 11.0 Å². The summed E-state index contributed by atoms with van der Waals surface area (Å²) in [6.45, 7) is 6.42. The van der Waals surface area contributed by atoms with Crippen molar-refractivity contribution in [2.24, 2.45) is 5.92 Å². The minimum absolute atomic E-state index is 0.0907. The summed E-state index contributed by atoms with van der Waals surface area (Å²) in [4.78, 5) is 26.7. The van der Waals surface area contributed by atoms with E-state index in [2.05, 4.69) is 13.8 Å². The van der Waals surface area contributed by atoms with Gasteiger partial charge >= 0.3 is 5.97 Å². The molecule has 1 amide bonds. The number of hydrogen-bond donors (Lipinski definition) is 0. The molecule has 3 rings (SSSR count). The van der Waals surface area contributed by atoms with Crippen LogP contribution >= 0.6 is 11.6 Å². The highest BCUT2D eigenvalue weighted by atomic mass is 35.5. The van der Waals surface area contributed by atoms with E-state index >= 15 is 0 Å². The second-order valence-electron chi connectivity index (χ2n) is 7.11. The lowest BCUT2D eigenvalue weighted by Gasteiger charge is -2.18. The first-order valence-corrected chi connectivity index (χ1v) is 9.65. The molecule has 0 radical (unpaired) electrons. The van der Waals surface area contributed by atoms with Crippen LogP contribution in [0.15, 0.2) is 42.5 Å². The standard InChI is InChI=1S/C22H24ClNO3/c1-4-14(2)18-7-5-6-8-20(18)27-22(26)16-11-21(25)24(13-16)17-10-9-15(3)19(23)12-17/h5-10,12,14,16H,4,11,13H2,1-3H3/t14-,16+/m0/s1. The predicted molar refractivity (Wildman–Crippen MR) is 107 cm³/mol. The first-order chi connectivity index (χ1) is 12.9. The Morgan fingerprint density at radius 3 is 2.74 bits per heavy atom. The lowest BCUT2D eigenvalue weighted by Crippen LogP contribution is -2.27. The Bertz CT molecular complexity index is 864. The van der Waals surface area contributed by atoms with Crippen molar-refractivity contribution < 1.29 is 14.3 Å². The van der Waals surface area contributed by atoms with Gasteiger partial charge in [-0.3, -0.25) is 9.59 Å². The molecule has 0 spiro atoms. The number of ether oxygens (including phenoxy) is 1. The summed E-state index contributed by atoms with van der Waals surface area (Å²) >= 11 is 6.18. The summed E-state index contributed by atoms with van der Waals surface area (Å²) < 4.78 is 5.68. The number of nitrogens with zero attached hydrogens (tertiary/aromatic N) is 1. The van der Waals surface area contributed by atoms with Gasteiger partial charge in [0, 0.05) is 23.7 Å². The highest BCUT2D eigenvalue weighted by Gasteiger charge is 2.36. The van der Waals surface area contributed by atoms with Crippen molar-refractivity contribution in [3.8, 4) is 5.75 Å². The molecule has 27 heavy (non-hydrogen) atoms. The van der Waals surface area contributed by atoms with Gasteiger partial charge < -0.3 is 9.64 Å². The van der Waals surface area contributed by atoms with Gasteiger partial charge in [-0.1, -0.05) is 49.7 Å². The second-order valence-corrected chi connectivity index (χ2v) is 7.51. The van der Waals surface area contributed by atoms with Crippen LogP contribution in [-0.2, 0) is 9.59 Å². The number of rotatable bonds is 5. The van der Waals surface area contributed by atoms with Crippen LogP contribution in [-0.4, -0.2) is 18.4 Å². The molecule has 0 aliphatic carbocycles. The van der Waals surface area contributed by atoms with Gasteiger partial charge in [0.05, 0.1) is 5.92 Å². The zero-order valence-electron chi connectivity index (χ0n) is 15.9. The van der Waals surface area contributed by atoms with Crippen molar-refractivity contribution in [3.63, 3.8) is 0 Å². The number of esters is 1. The molecule has 1 heterocycles. The summed E-state index contributed by atoms with van der Waals surface area (Å²) in [5.74, 6) is -0.0546. The fourth-order valence-electron chi connectivity index (χ4n) is 3.26. The van der Waals surface area contributed by atoms with Gasteiger partial charge in [0.2, 0.25) is 5.91 Å². The molecule has 0 N–H and O–H groups in total. The Labute approximate surface area is 165 Å². The molecule has 2 aromatic rings. The maximum atomic E-state index is 12.7. The maximum absolute atomic E-state index is 12.7. The number of aryl methyl sites for hydroxylation is 1. The highest BCUT2D eigenvalue weighted by Crippen LogP contribution is 2.32. The number of halogens is 1. The van der Waals surface area contributed by atoms with Crippen LogP contribution in [0.3, 0.4) is 0 Å². The molecule has 1 aliphatic rings. The number of carbonyl (C=O) groups excluding carboxylic acids is 2. The van der Waals surface area contributed by atoms with Crippen LogP contribution in [0.5, 0.6) is 5.75 Å². The topological polar surface area (TPSA) is 46.6 Å². The van der Waals surface area contributed by atoms with E-state index in [9.17, 15) is 9.59 Å². The summed E-state index contributed by atoms with van der Waals surface area (Å²) in [5.41, 5.74) is 2.68. The normalized spacial score (nSPS) is 17.9. The number of para-hydroxylation sites is 1. The lowest BCUT2D eigenvalue weighted by atomic mass is 9.98. The third kappa shape index (κ3) is 4.16. The van der Waals surface area contributed by atoms with Gasteiger partial charge in [-0.05, 0) is 48.6 Å². The predicted octanol–water partition coefficient (Wildman–Crippen LogP) is 5.12. The van der Waals surface area contributed by atoms with Crippen LogP contribution in [0, 0.1) is 12.8 Å². The monoisotopic (exact) mass is 385 g/mol. The van der Waals surface area contributed by atoms with E-state index in [4.69, 9.17) is 16.3 Å². The molecule has 4 nitrogen and oxygen atoms in total. The molecule has 0 saturated carbocycles. The molecule has 0 aromatic heterocycles. The molecule has 1 saturated heterocycles. The van der Waals surface area contributed by atoms with Gasteiger partial charge in [-0.2, -0.15) is 0 Å². The van der Waals surface area contributed by atoms with Crippen LogP contribution in [0.2, 0.25) is 5.02 Å². The molecular formula is C22H24ClNO3. The fraction of sp³-hybridized carbons (Fsp3) is 0.364. The average molecular weight is 386 g/mol. The fourth-order valence-corrected chi connectivity index (χ4v) is 3.43. The van der Waals surface area contributed by atoms with Gasteiger partial charge in [0.15, 0.2) is 0 Å². The van der Waals surface area contributed by atoms with E-state index in [-0.39, 0.29) is 18.3 Å². The van der Waals surface area contributed by atoms with E-state index in [0.717, 1.165) is 17.5 Å². The summed E-state index contributed by atoms with van der Waals surface area (Å²) in [6, 6.07) is 13.1. The van der Waals surface area contributed by atoms with Crippen molar-refractivity contribution in [1.29, 1.82) is 0 Å². The van der Waals surface area contributed by atoms with Crippen molar-refractivity contribution in [2.75, 3.05) is 11.4 Å². The molecular weight excluding hydrogens is 362 g/mol. The molecule has 1 aliphatic heterocycles. The third-order valence-corrected chi connectivity index (χ3v) is 5.61. The van der Waals surface area contributed by atoms with Gasteiger partial charge in [-0.15, -0.1) is 0 Å². The summed E-state index contributed by atoms with van der Waals surface area (Å²) in [7, 11) is 0. The van der Waals surface area contributed by atoms with Gasteiger partial charge in [0.1, 0.15) is 5.75 Å². The number of anilines is 1. The molecule has 0 unspecified atom stereocenters. The van der Waals surface area contributed by atoms with Crippen LogP contribution in [0.4, 0.5) is 5.69 Å². The van der Waals surface area contributed by atoms with Crippen LogP contribution < -0.4 is 9.64 Å². The van der Waals surface area contributed by atoms with Crippen LogP contribution in [0.1, 0.15) is 43.7 Å². The zero-order valence-corrected chi connectivity index (χ0v) is 16.6. The number of amides is 1. The van der Waals surface area contributed by atoms with E-state index < -0.39 is 5.92 Å². The number of benzene rings is 2. The molecule has 0 bridgehead atoms. The van der Waals surface area contributed by atoms with E-state index in [0.29, 0.717) is 28.9 Å². The number of carbonyl (C=O) groups is 2. The molecule has 2 aromatic carbocycles. The van der Waals surface area contributed by atoms with Crippen molar-refractivity contribution in [3.05, 3.63) is 58.6 Å². The lowest BCUT2D eigenvalue weighted by molar-refractivity contribution is -0.139. The Morgan fingerprint density at radius 1 is 1.30 bits per heavy atom. The second kappa shape index (κ2) is 8.13. The first kappa shape index (κ1) is 19.4. The summed E-state index contributed by atoms with van der Waals surface area (Å²) in [5, 5.41) is 0.605. The Balaban J connectivity index is 1.74. The molecule has 2 atom stereocenters. The molecule has 5 heteroatoms. The van der Waals surface area contributed by atoms with E-state index in [1.165, 1.54) is 0 Å². The Kier molecular flexibility index (Phi) is 5.85. The van der Waals surface area contributed by atoms with Gasteiger partial charge in [0.25, 0.3) is 0 Å². The van der Waals surface area contributed by atoms with Crippen molar-refractivity contribution in [2.45, 2.75) is 39.5 Å². The Morgan fingerprint density at radius 2 is 2.04 bits per heavy atom. The number of hydrogen-bond acceptors (Lipinski definition) is 3. The smallest absolute Gasteiger partial charge is 0.316 e. The summed E-state index contributed by atoms with van der Waals surface area (Å²) in [6.07, 6.45) is 1.11. The third-order valence-electron chi connectivity index (χ3n) is 5.20. The first-order valence-electron chi connectivity index (χ1n) is 9.27. The average Bonchev–Trinajstić information content (AvgIpc) is 3.05. The van der Waals surface area contributed by atoms with Crippen LogP contribution in [0.25, 0.3) is 0 Å². The highest BCUT2D eigenvalue weighted by molar-refractivity contribution is 6.31. The maximum Gasteiger partial charge on any atom is 0.316 e. The SMILES string of the molecule is CC[C@H](C)c1ccccc1OC(=O)[C@@H]1CC(=O)N(c2ccc(C)c(Cl)c2)C1. The quantitative estimate of drug-likeness (QED) is 0.530. The Hall–Kier alpha value is -2.33. The minimum atomic E-state index is -0.484. The largest absolute Gasteiger partial charge is 0.426 e. The van der Waals surface area contributed by atoms with Crippen molar-refractivity contribution in [1.82, 2.24) is 0 Å². The van der Waals surface area contributed by atoms with E-state index in [1.807, 2.05) is 43.3 Å². The van der Waals surface area contributed by atoms with Crippen molar-refractivity contribution >= 4 is 29.2 Å². The van der Waals surface area contributed by atoms with Gasteiger partial charge in [-0.25, -0.2) is 0 Å². The molecule has 142 valence electrons.